The van der Waals surface area contributed by atoms with Crippen molar-refractivity contribution in [2.45, 2.75) is 0 Å². The van der Waals surface area contributed by atoms with E-state index in [9.17, 15) is 4.79 Å². The summed E-state index contributed by atoms with van der Waals surface area (Å²) in [4.78, 5) is 11.3. The lowest BCUT2D eigenvalue weighted by molar-refractivity contribution is 0.0995. The topological polar surface area (TPSA) is 41.8 Å². The van der Waals surface area contributed by atoms with Gasteiger partial charge < -0.3 is 0 Å². The molecule has 1 aromatic rings. The van der Waals surface area contributed by atoms with Crippen LogP contribution in [-0.2, 0) is 0 Å². The molecule has 1 amide bonds. The van der Waals surface area contributed by atoms with Crippen LogP contribution in [0.15, 0.2) is 50.2 Å². The first-order chi connectivity index (χ1) is 6.70. The molecule has 14 heavy (non-hydrogen) atoms. The highest BCUT2D eigenvalue weighted by molar-refractivity contribution is 9.28. The number of benzene rings is 1. The van der Waals surface area contributed by atoms with Gasteiger partial charge in [0.25, 0.3) is 5.91 Å². The minimum Gasteiger partial charge on any atom is -0.265 e. The molecule has 0 fully saturated rings. The highest BCUT2D eigenvalue weighted by atomic mass is 79.9. The van der Waals surface area contributed by atoms with Gasteiger partial charge in [-0.1, -0.05) is 18.2 Å². The summed E-state index contributed by atoms with van der Waals surface area (Å²) in [5, 5.41) is 7.05. The fraction of sp³-hybridized carbons (Fsp3) is 0. The van der Waals surface area contributed by atoms with Gasteiger partial charge in [-0.15, -0.1) is 5.11 Å². The fourth-order valence-electron chi connectivity index (χ4n) is 0.763. The van der Waals surface area contributed by atoms with Crippen LogP contribution in [0.25, 0.3) is 0 Å². The molecule has 0 saturated heterocycles. The van der Waals surface area contributed by atoms with Crippen molar-refractivity contribution < 1.29 is 4.79 Å². The maximum Gasteiger partial charge on any atom is 0.295 e. The van der Waals surface area contributed by atoms with Gasteiger partial charge in [0.1, 0.15) is 0 Å². The summed E-state index contributed by atoms with van der Waals surface area (Å²) in [6.07, 6.45) is 1.39. The van der Waals surface area contributed by atoms with Crippen molar-refractivity contribution >= 4 is 37.8 Å². The molecule has 5 heteroatoms. The lowest BCUT2D eigenvalue weighted by atomic mass is 10.2. The molecular formula is C9H6Br2N2O. The molecule has 0 atom stereocenters. The van der Waals surface area contributed by atoms with E-state index >= 15 is 0 Å². The number of halogens is 2. The van der Waals surface area contributed by atoms with E-state index in [1.807, 2.05) is 6.07 Å². The van der Waals surface area contributed by atoms with E-state index in [1.165, 1.54) is 6.20 Å². The highest BCUT2D eigenvalue weighted by Gasteiger charge is 2.00. The van der Waals surface area contributed by atoms with Gasteiger partial charge in [-0.2, -0.15) is 5.11 Å². The van der Waals surface area contributed by atoms with E-state index in [0.717, 1.165) is 0 Å². The number of carbonyl (C=O) groups excluding carboxylic acids is 1. The molecular weight excluding hydrogens is 312 g/mol. The summed E-state index contributed by atoms with van der Waals surface area (Å²) in [5.41, 5.74) is 0.523. The highest BCUT2D eigenvalue weighted by Crippen LogP contribution is 2.12. The number of carbonyl (C=O) groups is 1. The van der Waals surface area contributed by atoms with Crippen molar-refractivity contribution in [3.63, 3.8) is 0 Å². The number of azo groups is 1. The first kappa shape index (κ1) is 11.3. The summed E-state index contributed by atoms with van der Waals surface area (Å²) in [7, 11) is 0. The average molecular weight is 318 g/mol. The van der Waals surface area contributed by atoms with Crippen molar-refractivity contribution in [3.8, 4) is 0 Å². The predicted octanol–water partition coefficient (Wildman–Crippen LogP) is 3.87. The Bertz CT molecular complexity index is 370. The van der Waals surface area contributed by atoms with Gasteiger partial charge in [0.2, 0.25) is 0 Å². The molecule has 72 valence electrons. The van der Waals surface area contributed by atoms with Crippen LogP contribution in [0.3, 0.4) is 0 Å². The van der Waals surface area contributed by atoms with Crippen LogP contribution in [-0.4, -0.2) is 5.91 Å². The van der Waals surface area contributed by atoms with E-state index in [-0.39, 0.29) is 5.91 Å². The number of hydrogen-bond acceptors (Lipinski definition) is 2. The van der Waals surface area contributed by atoms with E-state index in [4.69, 9.17) is 0 Å². The second-order valence-corrected chi connectivity index (χ2v) is 5.08. The Kier molecular flexibility index (Phi) is 4.69. The zero-order valence-corrected chi connectivity index (χ0v) is 10.2. The molecule has 0 N–H and O–H groups in total. The zero-order chi connectivity index (χ0) is 10.4. The molecule has 0 bridgehead atoms. The second kappa shape index (κ2) is 5.82. The lowest BCUT2D eigenvalue weighted by Crippen LogP contribution is -1.91. The molecule has 3 nitrogen and oxygen atoms in total. The van der Waals surface area contributed by atoms with Crippen molar-refractivity contribution in [3.05, 3.63) is 45.5 Å². The summed E-state index contributed by atoms with van der Waals surface area (Å²) < 4.78 is 0.634. The quantitative estimate of drug-likeness (QED) is 0.763. The summed E-state index contributed by atoms with van der Waals surface area (Å²) in [6.45, 7) is 0. The maximum absolute atomic E-state index is 11.3. The second-order valence-electron chi connectivity index (χ2n) is 2.31. The maximum atomic E-state index is 11.3. The molecule has 0 unspecified atom stereocenters. The van der Waals surface area contributed by atoms with Crippen molar-refractivity contribution in [1.82, 2.24) is 0 Å². The first-order valence-electron chi connectivity index (χ1n) is 3.71. The van der Waals surface area contributed by atoms with Crippen molar-refractivity contribution in [2.24, 2.45) is 10.2 Å². The third-order valence-corrected chi connectivity index (χ3v) is 1.73. The van der Waals surface area contributed by atoms with Gasteiger partial charge in [-0.25, -0.2) is 0 Å². The molecule has 0 aromatic heterocycles. The SMILES string of the molecule is O=C(N=NC=C(Br)Br)c1ccccc1. The van der Waals surface area contributed by atoms with Crippen LogP contribution in [0, 0.1) is 0 Å². The minimum absolute atomic E-state index is 0.358. The van der Waals surface area contributed by atoms with Gasteiger partial charge in [0, 0.05) is 5.56 Å². The van der Waals surface area contributed by atoms with Gasteiger partial charge in [0.05, 0.1) is 9.59 Å². The number of hydrogen-bond donors (Lipinski definition) is 0. The normalized spacial score (nSPS) is 10.1. The van der Waals surface area contributed by atoms with Gasteiger partial charge >= 0.3 is 0 Å². The van der Waals surface area contributed by atoms with Gasteiger partial charge in [-0.05, 0) is 44.0 Å². The third-order valence-electron chi connectivity index (χ3n) is 1.32. The fourth-order valence-corrected chi connectivity index (χ4v) is 0.947. The first-order valence-corrected chi connectivity index (χ1v) is 5.30. The van der Waals surface area contributed by atoms with Gasteiger partial charge in [-0.3, -0.25) is 4.79 Å². The van der Waals surface area contributed by atoms with Crippen LogP contribution < -0.4 is 0 Å². The Morgan fingerprint density at radius 1 is 1.21 bits per heavy atom. The lowest BCUT2D eigenvalue weighted by Gasteiger charge is -1.90. The molecule has 0 radical (unpaired) electrons. The zero-order valence-electron chi connectivity index (χ0n) is 7.02. The summed E-state index contributed by atoms with van der Waals surface area (Å²) >= 11 is 6.19. The number of rotatable bonds is 2. The molecule has 0 spiro atoms. The van der Waals surface area contributed by atoms with Crippen LogP contribution in [0.1, 0.15) is 10.4 Å². The number of amides is 1. The predicted molar refractivity (Wildman–Crippen MR) is 61.6 cm³/mol. The van der Waals surface area contributed by atoms with E-state index in [2.05, 4.69) is 42.1 Å². The Hall–Kier alpha value is -0.810. The largest absolute Gasteiger partial charge is 0.295 e. The molecule has 1 aromatic carbocycles. The Balaban J connectivity index is 2.69. The van der Waals surface area contributed by atoms with E-state index < -0.39 is 0 Å². The van der Waals surface area contributed by atoms with Crippen molar-refractivity contribution in [2.75, 3.05) is 0 Å². The summed E-state index contributed by atoms with van der Waals surface area (Å²) in [5.74, 6) is -0.358. The Labute approximate surface area is 98.2 Å². The smallest absolute Gasteiger partial charge is 0.265 e. The number of nitrogens with zero attached hydrogens (tertiary/aromatic N) is 2. The van der Waals surface area contributed by atoms with Gasteiger partial charge in [0.15, 0.2) is 0 Å². The van der Waals surface area contributed by atoms with E-state index in [1.54, 1.807) is 24.3 Å². The minimum atomic E-state index is -0.358. The molecule has 1 rings (SSSR count). The molecule has 0 heterocycles. The standard InChI is InChI=1S/C9H6Br2N2O/c10-8(11)6-12-13-9(14)7-4-2-1-3-5-7/h1-6H. The monoisotopic (exact) mass is 316 g/mol. The molecule has 0 aliphatic carbocycles. The molecule has 0 saturated carbocycles. The Morgan fingerprint density at radius 3 is 2.43 bits per heavy atom. The molecule has 0 aliphatic heterocycles. The van der Waals surface area contributed by atoms with Crippen LogP contribution in [0.4, 0.5) is 0 Å². The average Bonchev–Trinajstić information content (AvgIpc) is 2.18. The van der Waals surface area contributed by atoms with Crippen molar-refractivity contribution in [1.29, 1.82) is 0 Å². The third kappa shape index (κ3) is 3.93. The van der Waals surface area contributed by atoms with Crippen LogP contribution in [0.2, 0.25) is 0 Å². The molecule has 0 aliphatic rings. The van der Waals surface area contributed by atoms with Crippen LogP contribution >= 0.6 is 31.9 Å². The van der Waals surface area contributed by atoms with E-state index in [0.29, 0.717) is 8.96 Å². The Morgan fingerprint density at radius 2 is 1.86 bits per heavy atom. The van der Waals surface area contributed by atoms with Crippen LogP contribution in [0.5, 0.6) is 0 Å². The summed E-state index contributed by atoms with van der Waals surface area (Å²) in [6, 6.07) is 8.77.